The van der Waals surface area contributed by atoms with Gasteiger partial charge in [0.15, 0.2) is 5.58 Å². The minimum Gasteiger partial charge on any atom is -0.422 e. The number of benzene rings is 1. The molecule has 2 aromatic rings. The zero-order valence-electron chi connectivity index (χ0n) is 7.89. The van der Waals surface area contributed by atoms with Gasteiger partial charge in [-0.05, 0) is 31.0 Å². The van der Waals surface area contributed by atoms with Crippen molar-refractivity contribution in [1.29, 1.82) is 0 Å². The lowest BCUT2D eigenvalue weighted by atomic mass is 10.1. The number of hydrazine groups is 1. The van der Waals surface area contributed by atoms with Crippen LogP contribution >= 0.6 is 15.9 Å². The van der Waals surface area contributed by atoms with E-state index in [-0.39, 0.29) is 0 Å². The largest absolute Gasteiger partial charge is 0.422 e. The first-order valence-electron chi connectivity index (χ1n) is 4.16. The molecule has 5 heteroatoms. The lowest BCUT2D eigenvalue weighted by Crippen LogP contribution is -2.06. The summed E-state index contributed by atoms with van der Waals surface area (Å²) in [4.78, 5) is 4.22. The molecule has 1 aromatic carbocycles. The van der Waals surface area contributed by atoms with Gasteiger partial charge in [-0.15, -0.1) is 0 Å². The zero-order chi connectivity index (χ0) is 10.3. The highest BCUT2D eigenvalue weighted by atomic mass is 79.9. The number of aromatic nitrogens is 1. The number of oxazole rings is 1. The molecule has 0 saturated carbocycles. The number of anilines is 1. The van der Waals surface area contributed by atoms with E-state index >= 15 is 0 Å². The molecule has 0 spiro atoms. The van der Waals surface area contributed by atoms with Crippen molar-refractivity contribution in [3.8, 4) is 0 Å². The normalized spacial score (nSPS) is 10.9. The fourth-order valence-electron chi connectivity index (χ4n) is 1.38. The van der Waals surface area contributed by atoms with E-state index in [0.717, 1.165) is 26.7 Å². The van der Waals surface area contributed by atoms with Crippen LogP contribution in [0.15, 0.2) is 15.0 Å². The molecule has 0 aliphatic carbocycles. The summed E-state index contributed by atoms with van der Waals surface area (Å²) in [5, 5.41) is 0. The maximum Gasteiger partial charge on any atom is 0.310 e. The summed E-state index contributed by atoms with van der Waals surface area (Å²) in [6.45, 7) is 3.95. The Morgan fingerprint density at radius 1 is 1.50 bits per heavy atom. The predicted octanol–water partition coefficient (Wildman–Crippen LogP) is 2.49. The number of halogens is 1. The number of nitrogens with two attached hydrogens (primary N) is 1. The molecular weight excluding hydrogens is 246 g/mol. The zero-order valence-corrected chi connectivity index (χ0v) is 9.47. The van der Waals surface area contributed by atoms with Gasteiger partial charge in [0.05, 0.1) is 0 Å². The van der Waals surface area contributed by atoms with Crippen LogP contribution in [0.4, 0.5) is 6.01 Å². The Bertz CT molecular complexity index is 492. The average Bonchev–Trinajstić information content (AvgIpc) is 2.58. The molecule has 14 heavy (non-hydrogen) atoms. The standard InChI is InChI=1S/C9H10BrN3O/c1-4-3-6(10)5(2)7-8(4)14-9(12-7)13-11/h3H,11H2,1-2H3,(H,12,13). The number of aryl methyl sites for hydroxylation is 2. The topological polar surface area (TPSA) is 64.1 Å². The van der Waals surface area contributed by atoms with Crippen LogP contribution in [0.1, 0.15) is 11.1 Å². The molecule has 0 unspecified atom stereocenters. The summed E-state index contributed by atoms with van der Waals surface area (Å²) in [5.74, 6) is 5.23. The Morgan fingerprint density at radius 3 is 2.86 bits per heavy atom. The van der Waals surface area contributed by atoms with Crippen LogP contribution in [0.2, 0.25) is 0 Å². The highest BCUT2D eigenvalue weighted by Crippen LogP contribution is 2.30. The maximum absolute atomic E-state index is 5.42. The number of hydrogen-bond donors (Lipinski definition) is 2. The Balaban J connectivity index is 2.84. The molecule has 0 bridgehead atoms. The maximum atomic E-state index is 5.42. The van der Waals surface area contributed by atoms with Crippen LogP contribution in [0.25, 0.3) is 11.1 Å². The fourth-order valence-corrected chi connectivity index (χ4v) is 1.91. The SMILES string of the molecule is Cc1c(Br)cc(C)c2oc(NN)nc12. The van der Waals surface area contributed by atoms with E-state index in [2.05, 4.69) is 26.3 Å². The van der Waals surface area contributed by atoms with Gasteiger partial charge in [0.2, 0.25) is 0 Å². The fraction of sp³-hybridized carbons (Fsp3) is 0.222. The van der Waals surface area contributed by atoms with E-state index in [4.69, 9.17) is 10.3 Å². The number of fused-ring (bicyclic) bond motifs is 1. The number of hydrogen-bond acceptors (Lipinski definition) is 4. The highest BCUT2D eigenvalue weighted by molar-refractivity contribution is 9.10. The lowest BCUT2D eigenvalue weighted by Gasteiger charge is -1.99. The number of nitrogen functional groups attached to an aromatic ring is 1. The summed E-state index contributed by atoms with van der Waals surface area (Å²) >= 11 is 3.46. The van der Waals surface area contributed by atoms with Crippen LogP contribution in [0.5, 0.6) is 0 Å². The summed E-state index contributed by atoms with van der Waals surface area (Å²) in [7, 11) is 0. The van der Waals surface area contributed by atoms with Gasteiger partial charge in [0, 0.05) is 4.47 Å². The van der Waals surface area contributed by atoms with Gasteiger partial charge >= 0.3 is 6.01 Å². The van der Waals surface area contributed by atoms with E-state index in [1.807, 2.05) is 19.9 Å². The molecule has 2 rings (SSSR count). The molecule has 0 aliphatic rings. The molecule has 1 aromatic heterocycles. The van der Waals surface area contributed by atoms with Crippen LogP contribution in [-0.4, -0.2) is 4.98 Å². The van der Waals surface area contributed by atoms with Crippen molar-refractivity contribution >= 4 is 33.0 Å². The summed E-state index contributed by atoms with van der Waals surface area (Å²) in [6, 6.07) is 2.34. The third kappa shape index (κ3) is 1.29. The number of nitrogens with one attached hydrogen (secondary N) is 1. The molecule has 0 fully saturated rings. The number of rotatable bonds is 1. The van der Waals surface area contributed by atoms with Gasteiger partial charge in [-0.1, -0.05) is 15.9 Å². The molecule has 0 saturated heterocycles. The monoisotopic (exact) mass is 255 g/mol. The minimum absolute atomic E-state index is 0.337. The Kier molecular flexibility index (Phi) is 2.20. The molecule has 0 radical (unpaired) electrons. The second-order valence-electron chi connectivity index (χ2n) is 3.14. The van der Waals surface area contributed by atoms with Gasteiger partial charge < -0.3 is 4.42 Å². The van der Waals surface area contributed by atoms with Crippen molar-refractivity contribution in [2.45, 2.75) is 13.8 Å². The quantitative estimate of drug-likeness (QED) is 0.607. The molecule has 0 amide bonds. The van der Waals surface area contributed by atoms with Crippen molar-refractivity contribution in [2.24, 2.45) is 5.84 Å². The number of nitrogens with zero attached hydrogens (tertiary/aromatic N) is 1. The van der Waals surface area contributed by atoms with Crippen molar-refractivity contribution in [1.82, 2.24) is 4.98 Å². The van der Waals surface area contributed by atoms with Crippen molar-refractivity contribution in [3.63, 3.8) is 0 Å². The van der Waals surface area contributed by atoms with Gasteiger partial charge in [-0.2, -0.15) is 4.98 Å². The first kappa shape index (κ1) is 9.48. The van der Waals surface area contributed by atoms with Crippen LogP contribution in [0, 0.1) is 13.8 Å². The van der Waals surface area contributed by atoms with Crippen LogP contribution in [-0.2, 0) is 0 Å². The summed E-state index contributed by atoms with van der Waals surface area (Å²) in [6.07, 6.45) is 0. The molecule has 4 nitrogen and oxygen atoms in total. The van der Waals surface area contributed by atoms with Crippen LogP contribution in [0.3, 0.4) is 0 Å². The second kappa shape index (κ2) is 3.25. The highest BCUT2D eigenvalue weighted by Gasteiger charge is 2.11. The van der Waals surface area contributed by atoms with E-state index in [9.17, 15) is 0 Å². The molecule has 74 valence electrons. The molecular formula is C9H10BrN3O. The third-order valence-corrected chi connectivity index (χ3v) is 2.99. The molecule has 1 heterocycles. The van der Waals surface area contributed by atoms with Crippen LogP contribution < -0.4 is 11.3 Å². The van der Waals surface area contributed by atoms with Crippen molar-refractivity contribution < 1.29 is 4.42 Å². The molecule has 3 N–H and O–H groups in total. The Morgan fingerprint density at radius 2 is 2.21 bits per heavy atom. The van der Waals surface area contributed by atoms with E-state index in [1.165, 1.54) is 0 Å². The van der Waals surface area contributed by atoms with Gasteiger partial charge in [-0.25, -0.2) is 5.84 Å². The lowest BCUT2D eigenvalue weighted by molar-refractivity contribution is 0.614. The predicted molar refractivity (Wildman–Crippen MR) is 59.0 cm³/mol. The Labute approximate surface area is 89.6 Å². The van der Waals surface area contributed by atoms with Gasteiger partial charge in [0.1, 0.15) is 5.52 Å². The second-order valence-corrected chi connectivity index (χ2v) is 4.00. The van der Waals surface area contributed by atoms with Crippen molar-refractivity contribution in [2.75, 3.05) is 5.43 Å². The van der Waals surface area contributed by atoms with Gasteiger partial charge in [-0.3, -0.25) is 5.43 Å². The smallest absolute Gasteiger partial charge is 0.310 e. The van der Waals surface area contributed by atoms with Gasteiger partial charge in [0.25, 0.3) is 0 Å². The minimum atomic E-state index is 0.337. The average molecular weight is 256 g/mol. The molecule has 0 atom stereocenters. The van der Waals surface area contributed by atoms with Crippen molar-refractivity contribution in [3.05, 3.63) is 21.7 Å². The van der Waals surface area contributed by atoms with E-state index < -0.39 is 0 Å². The molecule has 0 aliphatic heterocycles. The summed E-state index contributed by atoms with van der Waals surface area (Å²) in [5.41, 5.74) is 6.10. The summed E-state index contributed by atoms with van der Waals surface area (Å²) < 4.78 is 6.44. The first-order chi connectivity index (χ1) is 6.63. The van der Waals surface area contributed by atoms with E-state index in [1.54, 1.807) is 0 Å². The van der Waals surface area contributed by atoms with E-state index in [0.29, 0.717) is 6.01 Å². The Hall–Kier alpha value is -1.07. The third-order valence-electron chi connectivity index (χ3n) is 2.17. The first-order valence-corrected chi connectivity index (χ1v) is 4.95.